The standard InChI is InChI=1S/C18H29NO3/c1-14(2)19-11-17(20)13-22-18-7-5-15(6-8-18)9-10-21-12-16-3-4-16/h5-8,14,16-17,19-20H,3-4,9-13H2,1-2H3/i12D2,13D2,17D. The van der Waals surface area contributed by atoms with E-state index >= 15 is 0 Å². The molecule has 0 radical (unpaired) electrons. The molecule has 4 nitrogen and oxygen atoms in total. The van der Waals surface area contributed by atoms with Gasteiger partial charge in [0.1, 0.15) is 18.4 Å². The van der Waals surface area contributed by atoms with E-state index in [2.05, 4.69) is 5.32 Å². The van der Waals surface area contributed by atoms with E-state index in [1.165, 1.54) is 0 Å². The fraction of sp³-hybridized carbons (Fsp3) is 0.667. The average molecular weight is 312 g/mol. The van der Waals surface area contributed by atoms with Crippen molar-refractivity contribution in [2.24, 2.45) is 5.92 Å². The minimum absolute atomic E-state index is 0.00399. The Labute approximate surface area is 140 Å². The number of nitrogens with one attached hydrogen (secondary N) is 1. The zero-order valence-corrected chi connectivity index (χ0v) is 13.3. The van der Waals surface area contributed by atoms with Gasteiger partial charge in [-0.15, -0.1) is 0 Å². The molecule has 1 fully saturated rings. The SMILES string of the molecule is [2H]C([2H])(OCCc1ccc(OC([2H])([2H])C([2H])(O)CNC(C)C)cc1)C1CC1. The van der Waals surface area contributed by atoms with Crippen LogP contribution in [0.5, 0.6) is 5.75 Å². The molecule has 4 heteroatoms. The summed E-state index contributed by atoms with van der Waals surface area (Å²) in [4.78, 5) is 0. The molecule has 1 aromatic carbocycles. The van der Waals surface area contributed by atoms with Crippen LogP contribution in [0, 0.1) is 5.92 Å². The summed E-state index contributed by atoms with van der Waals surface area (Å²) in [6.07, 6.45) is -0.176. The van der Waals surface area contributed by atoms with Gasteiger partial charge in [0.2, 0.25) is 0 Å². The van der Waals surface area contributed by atoms with Crippen molar-refractivity contribution in [1.29, 1.82) is 0 Å². The first kappa shape index (κ1) is 11.4. The van der Waals surface area contributed by atoms with E-state index < -0.39 is 19.2 Å². The maximum absolute atomic E-state index is 10.1. The Hall–Kier alpha value is -1.10. The Bertz CT molecular complexity index is 604. The number of aliphatic hydroxyl groups is 1. The van der Waals surface area contributed by atoms with Crippen LogP contribution < -0.4 is 10.1 Å². The van der Waals surface area contributed by atoms with Gasteiger partial charge in [-0.3, -0.25) is 0 Å². The number of rotatable bonds is 11. The predicted octanol–water partition coefficient (Wildman–Crippen LogP) is 2.39. The second kappa shape index (κ2) is 9.13. The van der Waals surface area contributed by atoms with E-state index in [-0.39, 0.29) is 30.9 Å². The van der Waals surface area contributed by atoms with E-state index in [0.29, 0.717) is 6.42 Å². The molecule has 1 aliphatic carbocycles. The summed E-state index contributed by atoms with van der Waals surface area (Å²) in [5.74, 6) is 0.206. The summed E-state index contributed by atoms with van der Waals surface area (Å²) in [7, 11) is 0. The van der Waals surface area contributed by atoms with Crippen molar-refractivity contribution < 1.29 is 21.4 Å². The molecule has 1 unspecified atom stereocenters. The van der Waals surface area contributed by atoms with Crippen LogP contribution in [0.2, 0.25) is 0 Å². The fourth-order valence-electron chi connectivity index (χ4n) is 1.73. The highest BCUT2D eigenvalue weighted by Crippen LogP contribution is 2.28. The fourth-order valence-corrected chi connectivity index (χ4v) is 1.73. The zero-order valence-electron chi connectivity index (χ0n) is 18.3. The summed E-state index contributed by atoms with van der Waals surface area (Å²) in [5.41, 5.74) is 0.900. The van der Waals surface area contributed by atoms with Crippen LogP contribution in [0.3, 0.4) is 0 Å². The largest absolute Gasteiger partial charge is 0.491 e. The molecule has 2 N–H and O–H groups in total. The lowest BCUT2D eigenvalue weighted by molar-refractivity contribution is 0.104. The van der Waals surface area contributed by atoms with E-state index in [0.717, 1.165) is 18.4 Å². The van der Waals surface area contributed by atoms with Crippen LogP contribution in [0.1, 0.15) is 39.1 Å². The molecule has 0 saturated heterocycles. The van der Waals surface area contributed by atoms with Gasteiger partial charge < -0.3 is 19.9 Å². The van der Waals surface area contributed by atoms with Gasteiger partial charge in [-0.05, 0) is 42.9 Å². The monoisotopic (exact) mass is 312 g/mol. The Balaban J connectivity index is 1.86. The zero-order chi connectivity index (χ0) is 20.3. The molecule has 0 amide bonds. The van der Waals surface area contributed by atoms with Crippen LogP contribution >= 0.6 is 0 Å². The lowest BCUT2D eigenvalue weighted by atomic mass is 10.1. The number of hydrogen-bond donors (Lipinski definition) is 2. The third-order valence-corrected chi connectivity index (χ3v) is 3.21. The maximum atomic E-state index is 10.1. The minimum atomic E-state index is -2.60. The quantitative estimate of drug-likeness (QED) is 0.659. The third kappa shape index (κ3) is 7.25. The molecular weight excluding hydrogens is 278 g/mol. The van der Waals surface area contributed by atoms with Crippen molar-refractivity contribution in [3.05, 3.63) is 29.8 Å². The average Bonchev–Trinajstić information content (AvgIpc) is 3.39. The van der Waals surface area contributed by atoms with Crippen LogP contribution in [0.4, 0.5) is 0 Å². The summed E-state index contributed by atoms with van der Waals surface area (Å²) in [6.45, 7) is -0.494. The summed E-state index contributed by atoms with van der Waals surface area (Å²) in [5, 5.41) is 12.9. The molecule has 1 aromatic rings. The third-order valence-electron chi connectivity index (χ3n) is 3.21. The lowest BCUT2D eigenvalue weighted by Gasteiger charge is -2.15. The molecule has 2 rings (SSSR count). The van der Waals surface area contributed by atoms with Crippen LogP contribution in [0.15, 0.2) is 24.3 Å². The second-order valence-electron chi connectivity index (χ2n) is 5.82. The number of hydrogen-bond acceptors (Lipinski definition) is 4. The van der Waals surface area contributed by atoms with Gasteiger partial charge in [0.05, 0.1) is 13.5 Å². The molecule has 1 saturated carbocycles. The first-order valence-corrected chi connectivity index (χ1v) is 7.81. The Morgan fingerprint density at radius 2 is 2.09 bits per heavy atom. The highest BCUT2D eigenvalue weighted by atomic mass is 16.5. The topological polar surface area (TPSA) is 50.7 Å². The molecule has 0 aliphatic heterocycles. The minimum Gasteiger partial charge on any atom is -0.491 e. The molecule has 1 atom stereocenters. The molecular formula is C18H29NO3. The van der Waals surface area contributed by atoms with Crippen molar-refractivity contribution in [1.82, 2.24) is 5.32 Å². The van der Waals surface area contributed by atoms with Crippen molar-refractivity contribution in [3.63, 3.8) is 0 Å². The van der Waals surface area contributed by atoms with Gasteiger partial charge in [0.15, 0.2) is 0 Å². The maximum Gasteiger partial charge on any atom is 0.119 e. The normalized spacial score (nSPS) is 22.1. The van der Waals surface area contributed by atoms with Crippen LogP contribution in [-0.2, 0) is 11.2 Å². The van der Waals surface area contributed by atoms with Crippen molar-refractivity contribution in [2.75, 3.05) is 26.3 Å². The molecule has 22 heavy (non-hydrogen) atoms. The molecule has 0 bridgehead atoms. The van der Waals surface area contributed by atoms with Gasteiger partial charge >= 0.3 is 0 Å². The highest BCUT2D eigenvalue weighted by Gasteiger charge is 2.20. The Morgan fingerprint density at radius 3 is 2.73 bits per heavy atom. The van der Waals surface area contributed by atoms with Gasteiger partial charge in [-0.25, -0.2) is 0 Å². The van der Waals surface area contributed by atoms with E-state index in [1.807, 2.05) is 13.8 Å². The van der Waals surface area contributed by atoms with Crippen LogP contribution in [-0.4, -0.2) is 43.5 Å². The van der Waals surface area contributed by atoms with E-state index in [1.54, 1.807) is 24.3 Å². The van der Waals surface area contributed by atoms with Gasteiger partial charge in [0.25, 0.3) is 0 Å². The first-order chi connectivity index (χ1) is 12.4. The van der Waals surface area contributed by atoms with Crippen LogP contribution in [0.25, 0.3) is 0 Å². The summed E-state index contributed by atoms with van der Waals surface area (Å²) < 4.78 is 49.8. The number of ether oxygens (including phenoxy) is 2. The molecule has 0 heterocycles. The van der Waals surface area contributed by atoms with Gasteiger partial charge in [-0.1, -0.05) is 26.0 Å². The highest BCUT2D eigenvalue weighted by molar-refractivity contribution is 5.27. The van der Waals surface area contributed by atoms with Gasteiger partial charge in [0, 0.05) is 19.1 Å². The summed E-state index contributed by atoms with van der Waals surface area (Å²) in [6, 6.07) is 6.60. The van der Waals surface area contributed by atoms with Crippen molar-refractivity contribution >= 4 is 0 Å². The van der Waals surface area contributed by atoms with E-state index in [9.17, 15) is 5.11 Å². The predicted molar refractivity (Wildman–Crippen MR) is 88.3 cm³/mol. The lowest BCUT2D eigenvalue weighted by Crippen LogP contribution is -2.35. The second-order valence-corrected chi connectivity index (χ2v) is 5.82. The summed E-state index contributed by atoms with van der Waals surface area (Å²) >= 11 is 0. The van der Waals surface area contributed by atoms with Gasteiger partial charge in [-0.2, -0.15) is 0 Å². The van der Waals surface area contributed by atoms with Crippen molar-refractivity contribution in [2.45, 2.75) is 45.2 Å². The first-order valence-electron chi connectivity index (χ1n) is 10.3. The van der Waals surface area contributed by atoms with E-state index in [4.69, 9.17) is 16.3 Å². The molecule has 124 valence electrons. The molecule has 0 spiro atoms. The molecule has 0 aromatic heterocycles. The van der Waals surface area contributed by atoms with Crippen molar-refractivity contribution in [3.8, 4) is 5.75 Å². The Morgan fingerprint density at radius 1 is 1.36 bits per heavy atom. The number of benzene rings is 1. The molecule has 1 aliphatic rings. The Kier molecular flexibility index (Phi) is 4.75. The smallest absolute Gasteiger partial charge is 0.119 e.